The molecule has 0 aromatic carbocycles. The largest absolute Gasteiger partial charge is 0.393 e. The molecule has 7 nitrogen and oxygen atoms in total. The predicted molar refractivity (Wildman–Crippen MR) is 130 cm³/mol. The van der Waals surface area contributed by atoms with Gasteiger partial charge in [-0.25, -0.2) is 18.2 Å². The molecule has 0 spiro atoms. The average molecular weight is 493 g/mol. The van der Waals surface area contributed by atoms with Gasteiger partial charge in [0, 0.05) is 57.5 Å². The van der Waals surface area contributed by atoms with E-state index in [1.165, 1.54) is 0 Å². The van der Waals surface area contributed by atoms with Gasteiger partial charge in [-0.05, 0) is 43.7 Å². The number of aliphatic hydroxyl groups is 1. The van der Waals surface area contributed by atoms with E-state index in [1.54, 1.807) is 19.3 Å². The zero-order valence-electron chi connectivity index (χ0n) is 20.2. The van der Waals surface area contributed by atoms with Crippen LogP contribution in [-0.2, 0) is 6.54 Å². The summed E-state index contributed by atoms with van der Waals surface area (Å²) in [5.74, 6) is -1.59. The number of piperidine rings is 1. The first-order valence-electron chi connectivity index (χ1n) is 12.6. The molecule has 4 rings (SSSR count). The number of hydrogen-bond acceptors (Lipinski definition) is 7. The minimum absolute atomic E-state index is 0.106. The van der Waals surface area contributed by atoms with Crippen LogP contribution in [0.2, 0.25) is 0 Å². The van der Waals surface area contributed by atoms with Crippen LogP contribution in [0.15, 0.2) is 24.5 Å². The van der Waals surface area contributed by atoms with Crippen molar-refractivity contribution in [3.05, 3.63) is 30.1 Å². The lowest BCUT2D eigenvalue weighted by Gasteiger charge is -2.31. The van der Waals surface area contributed by atoms with E-state index in [-0.39, 0.29) is 31.5 Å². The maximum absolute atomic E-state index is 13.7. The Kier molecular flexibility index (Phi) is 8.43. The lowest BCUT2D eigenvalue weighted by atomic mass is 9.93. The van der Waals surface area contributed by atoms with Crippen LogP contribution in [0, 0.1) is 0 Å². The number of halogens is 3. The minimum atomic E-state index is -2.55. The Balaban J connectivity index is 1.48. The van der Waals surface area contributed by atoms with Gasteiger partial charge in [0.2, 0.25) is 5.95 Å². The van der Waals surface area contributed by atoms with E-state index in [1.807, 2.05) is 17.0 Å². The van der Waals surface area contributed by atoms with Crippen LogP contribution in [0.4, 0.5) is 24.9 Å². The summed E-state index contributed by atoms with van der Waals surface area (Å²) in [7, 11) is 0. The van der Waals surface area contributed by atoms with Crippen molar-refractivity contribution in [2.75, 3.05) is 30.3 Å². The number of alkyl halides is 3. The third kappa shape index (κ3) is 7.27. The van der Waals surface area contributed by atoms with Gasteiger partial charge in [-0.1, -0.05) is 13.0 Å². The van der Waals surface area contributed by atoms with Gasteiger partial charge < -0.3 is 15.7 Å². The number of likely N-dealkylation sites (tertiary alicyclic amines) is 1. The van der Waals surface area contributed by atoms with Crippen LogP contribution in [0.1, 0.15) is 57.4 Å². The molecule has 1 unspecified atom stereocenters. The summed E-state index contributed by atoms with van der Waals surface area (Å²) in [4.78, 5) is 15.6. The first-order valence-corrected chi connectivity index (χ1v) is 12.6. The number of nitrogens with one attached hydrogen (secondary N) is 2. The fourth-order valence-electron chi connectivity index (χ4n) is 4.50. The Labute approximate surface area is 204 Å². The van der Waals surface area contributed by atoms with Gasteiger partial charge in [0.25, 0.3) is 5.92 Å². The van der Waals surface area contributed by atoms with E-state index in [2.05, 4.69) is 25.6 Å². The summed E-state index contributed by atoms with van der Waals surface area (Å²) in [5, 5.41) is 16.3. The quantitative estimate of drug-likeness (QED) is 0.470. The number of nitrogens with zero attached hydrogens (tertiary/aromatic N) is 4. The predicted octanol–water partition coefficient (Wildman–Crippen LogP) is 4.65. The molecular weight excluding hydrogens is 457 g/mol. The van der Waals surface area contributed by atoms with Crippen molar-refractivity contribution in [2.24, 2.45) is 0 Å². The molecule has 2 fully saturated rings. The SMILES string of the molecule is CCC(F)CNc1ncc(-c2ccc(CN3CCC(F)(F)CC3)cn2)c(NC2CCC(O)CC2)n1. The number of aromatic nitrogens is 3. The molecule has 35 heavy (non-hydrogen) atoms. The lowest BCUT2D eigenvalue weighted by Crippen LogP contribution is -2.38. The number of pyridine rings is 1. The summed E-state index contributed by atoms with van der Waals surface area (Å²) in [5.41, 5.74) is 2.39. The monoisotopic (exact) mass is 492 g/mol. The molecule has 10 heteroatoms. The van der Waals surface area contributed by atoms with Crippen LogP contribution in [-0.4, -0.2) is 68.8 Å². The fourth-order valence-corrected chi connectivity index (χ4v) is 4.50. The van der Waals surface area contributed by atoms with Crippen molar-refractivity contribution >= 4 is 11.8 Å². The van der Waals surface area contributed by atoms with E-state index in [0.717, 1.165) is 36.8 Å². The highest BCUT2D eigenvalue weighted by Crippen LogP contribution is 2.30. The van der Waals surface area contributed by atoms with Crippen molar-refractivity contribution < 1.29 is 18.3 Å². The molecule has 2 aliphatic rings. The molecule has 1 atom stereocenters. The molecule has 1 aliphatic carbocycles. The molecule has 1 saturated carbocycles. The molecule has 2 aromatic rings. The second kappa shape index (κ2) is 11.5. The second-order valence-electron chi connectivity index (χ2n) is 9.68. The first-order chi connectivity index (χ1) is 16.8. The van der Waals surface area contributed by atoms with Gasteiger partial charge in [0.1, 0.15) is 12.0 Å². The van der Waals surface area contributed by atoms with E-state index in [4.69, 9.17) is 0 Å². The maximum Gasteiger partial charge on any atom is 0.250 e. The van der Waals surface area contributed by atoms with Gasteiger partial charge in [0.05, 0.1) is 17.4 Å². The standard InChI is InChI=1S/C25H35F3N6O/c1-2-18(26)14-30-24-31-15-21(23(33-24)32-19-4-6-20(35)7-5-19)22-8-3-17(13-29-22)16-34-11-9-25(27,28)10-12-34/h3,8,13,15,18-20,35H,2,4-7,9-12,14,16H2,1H3,(H2,30,31,32,33). The number of aliphatic hydroxyl groups excluding tert-OH is 1. The van der Waals surface area contributed by atoms with Gasteiger partial charge in [-0.3, -0.25) is 9.88 Å². The van der Waals surface area contributed by atoms with E-state index >= 15 is 0 Å². The Morgan fingerprint density at radius 2 is 1.86 bits per heavy atom. The third-order valence-electron chi connectivity index (χ3n) is 6.85. The van der Waals surface area contributed by atoms with Crippen LogP contribution in [0.5, 0.6) is 0 Å². The Morgan fingerprint density at radius 3 is 2.51 bits per heavy atom. The lowest BCUT2D eigenvalue weighted by molar-refractivity contribution is -0.0566. The zero-order valence-corrected chi connectivity index (χ0v) is 20.2. The van der Waals surface area contributed by atoms with E-state index < -0.39 is 12.1 Å². The molecule has 2 aromatic heterocycles. The van der Waals surface area contributed by atoms with Crippen LogP contribution >= 0.6 is 0 Å². The highest BCUT2D eigenvalue weighted by atomic mass is 19.3. The minimum Gasteiger partial charge on any atom is -0.393 e. The summed E-state index contributed by atoms with van der Waals surface area (Å²) in [6.07, 6.45) is 5.55. The summed E-state index contributed by atoms with van der Waals surface area (Å²) in [6.45, 7) is 3.26. The molecule has 0 bridgehead atoms. The van der Waals surface area contributed by atoms with E-state index in [9.17, 15) is 18.3 Å². The summed E-state index contributed by atoms with van der Waals surface area (Å²) >= 11 is 0. The normalized spacial score (nSPS) is 23.6. The van der Waals surface area contributed by atoms with Crippen molar-refractivity contribution in [3.63, 3.8) is 0 Å². The molecule has 3 N–H and O–H groups in total. The molecular formula is C25H35F3N6O. The molecule has 0 amide bonds. The van der Waals surface area contributed by atoms with Crippen molar-refractivity contribution in [2.45, 2.75) is 82.7 Å². The van der Waals surface area contributed by atoms with Gasteiger partial charge in [-0.15, -0.1) is 0 Å². The Hall–Kier alpha value is -2.46. The van der Waals surface area contributed by atoms with Gasteiger partial charge in [-0.2, -0.15) is 4.98 Å². The number of rotatable bonds is 9. The third-order valence-corrected chi connectivity index (χ3v) is 6.85. The Bertz CT molecular complexity index is 943. The molecule has 1 aliphatic heterocycles. The highest BCUT2D eigenvalue weighted by Gasteiger charge is 2.33. The van der Waals surface area contributed by atoms with Crippen LogP contribution in [0.3, 0.4) is 0 Å². The van der Waals surface area contributed by atoms with Crippen molar-refractivity contribution in [1.82, 2.24) is 19.9 Å². The molecule has 3 heterocycles. The molecule has 0 radical (unpaired) electrons. The first kappa shape index (κ1) is 25.6. The second-order valence-corrected chi connectivity index (χ2v) is 9.68. The van der Waals surface area contributed by atoms with Gasteiger partial charge in [0.15, 0.2) is 0 Å². The number of anilines is 2. The number of hydrogen-bond donors (Lipinski definition) is 3. The van der Waals surface area contributed by atoms with Crippen LogP contribution in [0.25, 0.3) is 11.3 Å². The smallest absolute Gasteiger partial charge is 0.250 e. The summed E-state index contributed by atoms with van der Waals surface area (Å²) < 4.78 is 40.6. The molecule has 1 saturated heterocycles. The molecule has 192 valence electrons. The highest BCUT2D eigenvalue weighted by molar-refractivity contribution is 5.73. The maximum atomic E-state index is 13.7. The van der Waals surface area contributed by atoms with Crippen LogP contribution < -0.4 is 10.6 Å². The van der Waals surface area contributed by atoms with Crippen molar-refractivity contribution in [1.29, 1.82) is 0 Å². The zero-order chi connectivity index (χ0) is 24.8. The van der Waals surface area contributed by atoms with Gasteiger partial charge >= 0.3 is 0 Å². The topological polar surface area (TPSA) is 86.2 Å². The fraction of sp³-hybridized carbons (Fsp3) is 0.640. The average Bonchev–Trinajstić information content (AvgIpc) is 2.86. The van der Waals surface area contributed by atoms with Crippen molar-refractivity contribution in [3.8, 4) is 11.3 Å². The Morgan fingerprint density at radius 1 is 1.11 bits per heavy atom. The van der Waals surface area contributed by atoms with E-state index in [0.29, 0.717) is 43.5 Å². The summed E-state index contributed by atoms with van der Waals surface area (Å²) in [6, 6.07) is 4.02.